The summed E-state index contributed by atoms with van der Waals surface area (Å²) in [6.45, 7) is 3.78. The molecule has 0 aliphatic carbocycles. The molecular formula is C17H37N7O2. The molecule has 0 radical (unpaired) electrons. The standard InChI is InChI=1S/C17H37N7O2/c18-8-6-10-22-9-4-5-11-23-15(25)13-14(16(19)26)7-2-1-3-12-24-17(20)21/h14,22H,1-13,18H2,(H2,19,26)(H,23,25)(H4,20,21,24). The predicted molar refractivity (Wildman–Crippen MR) is 104 cm³/mol. The van der Waals surface area contributed by atoms with E-state index in [1.807, 2.05) is 0 Å². The van der Waals surface area contributed by atoms with E-state index in [1.165, 1.54) is 0 Å². The average molecular weight is 372 g/mol. The van der Waals surface area contributed by atoms with Crippen LogP contribution in [0.1, 0.15) is 51.4 Å². The van der Waals surface area contributed by atoms with Gasteiger partial charge in [0.15, 0.2) is 5.96 Å². The van der Waals surface area contributed by atoms with Crippen LogP contribution in [0.4, 0.5) is 0 Å². The van der Waals surface area contributed by atoms with E-state index < -0.39 is 11.8 Å². The Morgan fingerprint density at radius 2 is 1.46 bits per heavy atom. The number of nitrogens with one attached hydrogen (secondary N) is 4. The van der Waals surface area contributed by atoms with Crippen molar-refractivity contribution < 1.29 is 9.59 Å². The largest absolute Gasteiger partial charge is 0.370 e. The number of carbonyl (C=O) groups excluding carboxylic acids is 2. The van der Waals surface area contributed by atoms with E-state index >= 15 is 0 Å². The molecule has 0 aromatic carbocycles. The Labute approximate surface area is 156 Å². The maximum Gasteiger partial charge on any atom is 0.221 e. The number of primary amides is 1. The Bertz CT molecular complexity index is 405. The fraction of sp³-hybridized carbons (Fsp3) is 0.824. The van der Waals surface area contributed by atoms with Crippen molar-refractivity contribution in [3.05, 3.63) is 0 Å². The number of carbonyl (C=O) groups is 2. The minimum absolute atomic E-state index is 0.0389. The summed E-state index contributed by atoms with van der Waals surface area (Å²) in [6.07, 6.45) is 6.17. The number of guanidine groups is 1. The van der Waals surface area contributed by atoms with Crippen LogP contribution in [0.2, 0.25) is 0 Å². The van der Waals surface area contributed by atoms with Crippen molar-refractivity contribution in [3.63, 3.8) is 0 Å². The van der Waals surface area contributed by atoms with Gasteiger partial charge in [-0.1, -0.05) is 12.8 Å². The second-order valence-electron chi connectivity index (χ2n) is 6.44. The normalized spacial score (nSPS) is 11.7. The van der Waals surface area contributed by atoms with Gasteiger partial charge in [0.25, 0.3) is 0 Å². The van der Waals surface area contributed by atoms with E-state index in [1.54, 1.807) is 0 Å². The summed E-state index contributed by atoms with van der Waals surface area (Å²) < 4.78 is 0. The van der Waals surface area contributed by atoms with Gasteiger partial charge in [-0.25, -0.2) is 0 Å². The zero-order valence-electron chi connectivity index (χ0n) is 15.8. The van der Waals surface area contributed by atoms with Gasteiger partial charge >= 0.3 is 0 Å². The minimum Gasteiger partial charge on any atom is -0.370 e. The first kappa shape index (κ1) is 24.1. The molecule has 2 amide bonds. The van der Waals surface area contributed by atoms with E-state index in [4.69, 9.17) is 22.6 Å². The minimum atomic E-state index is -0.425. The van der Waals surface area contributed by atoms with Crippen molar-refractivity contribution in [2.75, 3.05) is 32.7 Å². The maximum atomic E-state index is 11.9. The van der Waals surface area contributed by atoms with E-state index in [-0.39, 0.29) is 18.3 Å². The Morgan fingerprint density at radius 3 is 2.12 bits per heavy atom. The van der Waals surface area contributed by atoms with Crippen LogP contribution in [-0.2, 0) is 9.59 Å². The quantitative estimate of drug-likeness (QED) is 0.102. The molecule has 9 nitrogen and oxygen atoms in total. The van der Waals surface area contributed by atoms with Crippen molar-refractivity contribution in [3.8, 4) is 0 Å². The van der Waals surface area contributed by atoms with Crippen LogP contribution in [-0.4, -0.2) is 50.5 Å². The molecule has 0 saturated heterocycles. The second kappa shape index (κ2) is 16.6. The fourth-order valence-corrected chi connectivity index (χ4v) is 2.51. The summed E-state index contributed by atoms with van der Waals surface area (Å²) in [7, 11) is 0. The van der Waals surface area contributed by atoms with Gasteiger partial charge in [0, 0.05) is 25.4 Å². The lowest BCUT2D eigenvalue weighted by Crippen LogP contribution is -2.32. The summed E-state index contributed by atoms with van der Waals surface area (Å²) in [5.74, 6) is -1.01. The molecule has 1 atom stereocenters. The molecule has 0 spiro atoms. The summed E-state index contributed by atoms with van der Waals surface area (Å²) >= 11 is 0. The molecule has 0 heterocycles. The van der Waals surface area contributed by atoms with Crippen LogP contribution >= 0.6 is 0 Å². The van der Waals surface area contributed by atoms with Crippen LogP contribution in [0.3, 0.4) is 0 Å². The number of hydrogen-bond acceptors (Lipinski definition) is 5. The Kier molecular flexibility index (Phi) is 15.4. The summed E-state index contributed by atoms with van der Waals surface area (Å²) in [6, 6.07) is 0. The fourth-order valence-electron chi connectivity index (χ4n) is 2.51. The number of amides is 2. The number of unbranched alkanes of at least 4 members (excludes halogenated alkanes) is 3. The van der Waals surface area contributed by atoms with Gasteiger partial charge in [0.2, 0.25) is 11.8 Å². The zero-order chi connectivity index (χ0) is 19.6. The van der Waals surface area contributed by atoms with Gasteiger partial charge in [-0.2, -0.15) is 0 Å². The molecule has 0 aromatic heterocycles. The molecule has 0 aliphatic heterocycles. The Balaban J connectivity index is 3.74. The van der Waals surface area contributed by atoms with Crippen LogP contribution in [0.15, 0.2) is 0 Å². The van der Waals surface area contributed by atoms with Crippen molar-refractivity contribution in [2.24, 2.45) is 23.1 Å². The monoisotopic (exact) mass is 371 g/mol. The van der Waals surface area contributed by atoms with Crippen LogP contribution in [0.25, 0.3) is 0 Å². The third kappa shape index (κ3) is 15.6. The first-order chi connectivity index (χ1) is 12.5. The molecule has 0 saturated carbocycles. The highest BCUT2D eigenvalue weighted by molar-refractivity contribution is 5.84. The molecular weight excluding hydrogens is 334 g/mol. The molecule has 0 aromatic rings. The molecule has 26 heavy (non-hydrogen) atoms. The van der Waals surface area contributed by atoms with Crippen molar-refractivity contribution in [2.45, 2.75) is 51.4 Å². The number of nitrogens with two attached hydrogens (primary N) is 3. The molecule has 0 bridgehead atoms. The van der Waals surface area contributed by atoms with Gasteiger partial charge in [0.05, 0.1) is 0 Å². The van der Waals surface area contributed by atoms with E-state index in [0.717, 1.165) is 51.6 Å². The molecule has 0 fully saturated rings. The first-order valence-corrected chi connectivity index (χ1v) is 9.52. The van der Waals surface area contributed by atoms with E-state index in [0.29, 0.717) is 26.1 Å². The molecule has 0 aliphatic rings. The van der Waals surface area contributed by atoms with E-state index in [2.05, 4.69) is 16.0 Å². The summed E-state index contributed by atoms with van der Waals surface area (Å²) in [4.78, 5) is 23.5. The number of rotatable bonds is 17. The van der Waals surface area contributed by atoms with Gasteiger partial charge in [-0.15, -0.1) is 0 Å². The molecule has 152 valence electrons. The van der Waals surface area contributed by atoms with Crippen molar-refractivity contribution in [1.29, 1.82) is 5.41 Å². The molecule has 10 N–H and O–H groups in total. The summed E-state index contributed by atoms with van der Waals surface area (Å²) in [5.41, 5.74) is 16.0. The van der Waals surface area contributed by atoms with Crippen molar-refractivity contribution in [1.82, 2.24) is 16.0 Å². The van der Waals surface area contributed by atoms with Crippen LogP contribution in [0.5, 0.6) is 0 Å². The van der Waals surface area contributed by atoms with Gasteiger partial charge in [-0.05, 0) is 51.7 Å². The average Bonchev–Trinajstić information content (AvgIpc) is 2.58. The summed E-state index contributed by atoms with van der Waals surface area (Å²) in [5, 5.41) is 15.9. The predicted octanol–water partition coefficient (Wildman–Crippen LogP) is -0.644. The lowest BCUT2D eigenvalue weighted by atomic mass is 9.96. The zero-order valence-corrected chi connectivity index (χ0v) is 15.8. The third-order valence-corrected chi connectivity index (χ3v) is 4.04. The van der Waals surface area contributed by atoms with Gasteiger partial charge in [0.1, 0.15) is 0 Å². The topological polar surface area (TPSA) is 172 Å². The lowest BCUT2D eigenvalue weighted by Gasteiger charge is -2.13. The number of hydrogen-bond donors (Lipinski definition) is 7. The second-order valence-corrected chi connectivity index (χ2v) is 6.44. The first-order valence-electron chi connectivity index (χ1n) is 9.52. The Morgan fingerprint density at radius 1 is 0.846 bits per heavy atom. The Hall–Kier alpha value is -1.87. The van der Waals surface area contributed by atoms with Gasteiger partial charge < -0.3 is 33.2 Å². The molecule has 0 rings (SSSR count). The SMILES string of the molecule is N=C(N)NCCCCCC(CC(=O)NCCCCNCCCN)C(N)=O. The van der Waals surface area contributed by atoms with Crippen molar-refractivity contribution >= 4 is 17.8 Å². The van der Waals surface area contributed by atoms with E-state index in [9.17, 15) is 9.59 Å². The lowest BCUT2D eigenvalue weighted by molar-refractivity contribution is -0.128. The van der Waals surface area contributed by atoms with Crippen LogP contribution < -0.4 is 33.2 Å². The highest BCUT2D eigenvalue weighted by Crippen LogP contribution is 2.13. The maximum absolute atomic E-state index is 11.9. The van der Waals surface area contributed by atoms with Crippen LogP contribution in [0, 0.1) is 11.3 Å². The molecule has 1 unspecified atom stereocenters. The smallest absolute Gasteiger partial charge is 0.221 e. The molecule has 9 heteroatoms. The van der Waals surface area contributed by atoms with Gasteiger partial charge in [-0.3, -0.25) is 15.0 Å². The highest BCUT2D eigenvalue weighted by atomic mass is 16.2. The highest BCUT2D eigenvalue weighted by Gasteiger charge is 2.18. The third-order valence-electron chi connectivity index (χ3n) is 4.04.